The van der Waals surface area contributed by atoms with Crippen LogP contribution in [0.3, 0.4) is 0 Å². The zero-order chi connectivity index (χ0) is 7.68. The second-order valence-corrected chi connectivity index (χ2v) is 2.69. The third-order valence-corrected chi connectivity index (χ3v) is 1.85. The van der Waals surface area contributed by atoms with E-state index < -0.39 is 0 Å². The standard InChI is InChI=1S/C8H9FN2/c9-7-4-6-2-1-3-10-8(6)11-5-7/h4-5H,1-3H2,(H,10,11). The highest BCUT2D eigenvalue weighted by Gasteiger charge is 2.09. The molecule has 2 heterocycles. The molecule has 2 rings (SSSR count). The van der Waals surface area contributed by atoms with Crippen LogP contribution in [0, 0.1) is 5.82 Å². The van der Waals surface area contributed by atoms with Crippen molar-refractivity contribution < 1.29 is 4.39 Å². The van der Waals surface area contributed by atoms with E-state index in [-0.39, 0.29) is 5.82 Å². The van der Waals surface area contributed by atoms with Gasteiger partial charge in [-0.3, -0.25) is 0 Å². The van der Waals surface area contributed by atoms with E-state index in [4.69, 9.17) is 0 Å². The third kappa shape index (κ3) is 1.18. The van der Waals surface area contributed by atoms with Gasteiger partial charge in [-0.05, 0) is 24.5 Å². The molecule has 1 aliphatic heterocycles. The van der Waals surface area contributed by atoms with Crippen LogP contribution in [0.4, 0.5) is 10.2 Å². The molecule has 1 aromatic rings. The number of anilines is 1. The number of nitrogens with one attached hydrogen (secondary N) is 1. The number of nitrogens with zero attached hydrogens (tertiary/aromatic N) is 1. The van der Waals surface area contributed by atoms with Crippen LogP contribution in [0.2, 0.25) is 0 Å². The summed E-state index contributed by atoms with van der Waals surface area (Å²) in [5.41, 5.74) is 0.997. The lowest BCUT2D eigenvalue weighted by Gasteiger charge is -2.15. The van der Waals surface area contributed by atoms with E-state index in [2.05, 4.69) is 10.3 Å². The maximum Gasteiger partial charge on any atom is 0.141 e. The van der Waals surface area contributed by atoms with Gasteiger partial charge < -0.3 is 5.32 Å². The van der Waals surface area contributed by atoms with Crippen molar-refractivity contribution in [2.24, 2.45) is 0 Å². The minimum atomic E-state index is -0.243. The molecule has 3 heteroatoms. The Kier molecular flexibility index (Phi) is 1.49. The van der Waals surface area contributed by atoms with E-state index in [1.807, 2.05) is 0 Å². The summed E-state index contributed by atoms with van der Waals surface area (Å²) in [6.07, 6.45) is 3.25. The van der Waals surface area contributed by atoms with Gasteiger partial charge >= 0.3 is 0 Å². The van der Waals surface area contributed by atoms with Gasteiger partial charge in [0.15, 0.2) is 0 Å². The summed E-state index contributed by atoms with van der Waals surface area (Å²) in [6, 6.07) is 1.55. The first kappa shape index (κ1) is 6.58. The van der Waals surface area contributed by atoms with Crippen LogP contribution in [0.25, 0.3) is 0 Å². The van der Waals surface area contributed by atoms with Crippen molar-refractivity contribution >= 4 is 5.82 Å². The third-order valence-electron chi connectivity index (χ3n) is 1.85. The number of hydrogen-bond acceptors (Lipinski definition) is 2. The maximum atomic E-state index is 12.6. The number of hydrogen-bond donors (Lipinski definition) is 1. The fraction of sp³-hybridized carbons (Fsp3) is 0.375. The highest BCUT2D eigenvalue weighted by molar-refractivity contribution is 5.45. The Morgan fingerprint density at radius 3 is 3.36 bits per heavy atom. The summed E-state index contributed by atoms with van der Waals surface area (Å²) in [6.45, 7) is 0.950. The average molecular weight is 152 g/mol. The lowest BCUT2D eigenvalue weighted by molar-refractivity contribution is 0.616. The predicted molar refractivity (Wildman–Crippen MR) is 41.0 cm³/mol. The number of aryl methyl sites for hydroxylation is 1. The van der Waals surface area contributed by atoms with Crippen LogP contribution in [-0.4, -0.2) is 11.5 Å². The molecule has 0 fully saturated rings. The first-order chi connectivity index (χ1) is 5.36. The summed E-state index contributed by atoms with van der Waals surface area (Å²) in [5.74, 6) is 0.602. The van der Waals surface area contributed by atoms with Gasteiger partial charge in [0.2, 0.25) is 0 Å². The van der Waals surface area contributed by atoms with Gasteiger partial charge in [0.05, 0.1) is 6.20 Å². The van der Waals surface area contributed by atoms with Crippen LogP contribution in [0.5, 0.6) is 0 Å². The van der Waals surface area contributed by atoms with Crippen molar-refractivity contribution in [3.63, 3.8) is 0 Å². The molecule has 0 unspecified atom stereocenters. The number of rotatable bonds is 0. The summed E-state index contributed by atoms with van der Waals surface area (Å²) < 4.78 is 12.6. The molecule has 2 nitrogen and oxygen atoms in total. The van der Waals surface area contributed by atoms with E-state index in [0.29, 0.717) is 0 Å². The van der Waals surface area contributed by atoms with Crippen LogP contribution in [0.1, 0.15) is 12.0 Å². The largest absolute Gasteiger partial charge is 0.370 e. The summed E-state index contributed by atoms with van der Waals surface area (Å²) in [7, 11) is 0. The maximum absolute atomic E-state index is 12.6. The highest BCUT2D eigenvalue weighted by atomic mass is 19.1. The monoisotopic (exact) mass is 152 g/mol. The molecule has 0 bridgehead atoms. The second kappa shape index (κ2) is 2.49. The number of pyridine rings is 1. The van der Waals surface area contributed by atoms with Gasteiger partial charge in [-0.25, -0.2) is 9.37 Å². The first-order valence-corrected chi connectivity index (χ1v) is 3.74. The molecule has 0 atom stereocenters. The SMILES string of the molecule is Fc1cnc2c(c1)CCCN2. The molecule has 0 saturated carbocycles. The molecule has 1 aromatic heterocycles. The van der Waals surface area contributed by atoms with E-state index in [9.17, 15) is 4.39 Å². The Bertz CT molecular complexity index is 273. The van der Waals surface area contributed by atoms with Gasteiger partial charge in [0, 0.05) is 6.54 Å². The molecule has 0 radical (unpaired) electrons. The van der Waals surface area contributed by atoms with E-state index >= 15 is 0 Å². The van der Waals surface area contributed by atoms with Crippen molar-refractivity contribution in [1.29, 1.82) is 0 Å². The minimum Gasteiger partial charge on any atom is -0.370 e. The lowest BCUT2D eigenvalue weighted by Crippen LogP contribution is -2.13. The Hall–Kier alpha value is -1.12. The zero-order valence-corrected chi connectivity index (χ0v) is 6.10. The van der Waals surface area contributed by atoms with Crippen LogP contribution in [-0.2, 0) is 6.42 Å². The molecule has 1 N–H and O–H groups in total. The van der Waals surface area contributed by atoms with Gasteiger partial charge in [-0.2, -0.15) is 0 Å². The molecule has 58 valence electrons. The number of halogens is 1. The second-order valence-electron chi connectivity index (χ2n) is 2.69. The van der Waals surface area contributed by atoms with E-state index in [0.717, 1.165) is 30.8 Å². The average Bonchev–Trinajstić information content (AvgIpc) is 2.04. The summed E-state index contributed by atoms with van der Waals surface area (Å²) >= 11 is 0. The molecule has 0 spiro atoms. The molecule has 0 aliphatic carbocycles. The van der Waals surface area contributed by atoms with Gasteiger partial charge in [0.1, 0.15) is 11.6 Å². The van der Waals surface area contributed by atoms with Crippen molar-refractivity contribution in [2.75, 3.05) is 11.9 Å². The Morgan fingerprint density at radius 2 is 2.45 bits per heavy atom. The Labute approximate surface area is 64.5 Å². The predicted octanol–water partition coefficient (Wildman–Crippen LogP) is 1.58. The topological polar surface area (TPSA) is 24.9 Å². The molecule has 0 amide bonds. The lowest BCUT2D eigenvalue weighted by atomic mass is 10.1. The van der Waals surface area contributed by atoms with Gasteiger partial charge in [-0.15, -0.1) is 0 Å². The van der Waals surface area contributed by atoms with Crippen molar-refractivity contribution in [2.45, 2.75) is 12.8 Å². The van der Waals surface area contributed by atoms with E-state index in [1.54, 1.807) is 6.07 Å². The van der Waals surface area contributed by atoms with Crippen LogP contribution >= 0.6 is 0 Å². The molecular formula is C8H9FN2. The Morgan fingerprint density at radius 1 is 1.55 bits per heavy atom. The first-order valence-electron chi connectivity index (χ1n) is 3.74. The molecule has 11 heavy (non-hydrogen) atoms. The number of aromatic nitrogens is 1. The number of fused-ring (bicyclic) bond motifs is 1. The highest BCUT2D eigenvalue weighted by Crippen LogP contribution is 2.18. The van der Waals surface area contributed by atoms with Crippen molar-refractivity contribution in [3.05, 3.63) is 23.6 Å². The van der Waals surface area contributed by atoms with Gasteiger partial charge in [-0.1, -0.05) is 0 Å². The fourth-order valence-corrected chi connectivity index (χ4v) is 1.32. The normalized spacial score (nSPS) is 15.4. The Balaban J connectivity index is 2.43. The van der Waals surface area contributed by atoms with Gasteiger partial charge in [0.25, 0.3) is 0 Å². The zero-order valence-electron chi connectivity index (χ0n) is 6.10. The smallest absolute Gasteiger partial charge is 0.141 e. The molecule has 1 aliphatic rings. The molecule has 0 saturated heterocycles. The molecule has 0 aromatic carbocycles. The minimum absolute atomic E-state index is 0.243. The van der Waals surface area contributed by atoms with Crippen molar-refractivity contribution in [3.8, 4) is 0 Å². The van der Waals surface area contributed by atoms with Crippen LogP contribution in [0.15, 0.2) is 12.3 Å². The van der Waals surface area contributed by atoms with E-state index in [1.165, 1.54) is 6.20 Å². The van der Waals surface area contributed by atoms with Crippen molar-refractivity contribution in [1.82, 2.24) is 4.98 Å². The summed E-state index contributed by atoms with van der Waals surface area (Å²) in [4.78, 5) is 3.93. The quantitative estimate of drug-likeness (QED) is 0.610. The summed E-state index contributed by atoms with van der Waals surface area (Å²) in [5, 5.41) is 3.11. The molecular weight excluding hydrogens is 143 g/mol. The fourth-order valence-electron chi connectivity index (χ4n) is 1.32. The van der Waals surface area contributed by atoms with Crippen LogP contribution < -0.4 is 5.32 Å².